The maximum atomic E-state index is 13.6. The maximum Gasteiger partial charge on any atom is 0.228 e. The van der Waals surface area contributed by atoms with Crippen LogP contribution in [0.3, 0.4) is 0 Å². The summed E-state index contributed by atoms with van der Waals surface area (Å²) in [6.45, 7) is 1.90. The van der Waals surface area contributed by atoms with E-state index in [4.69, 9.17) is 11.6 Å². The molecule has 0 fully saturated rings. The van der Waals surface area contributed by atoms with Crippen LogP contribution in [0.25, 0.3) is 0 Å². The predicted octanol–water partition coefficient (Wildman–Crippen LogP) is 3.97. The molecule has 0 aliphatic heterocycles. The first-order chi connectivity index (χ1) is 9.06. The fraction of sp³-hybridized carbons (Fsp3) is 0.133. The lowest BCUT2D eigenvalue weighted by atomic mass is 10.1. The van der Waals surface area contributed by atoms with Crippen molar-refractivity contribution in [3.63, 3.8) is 0 Å². The van der Waals surface area contributed by atoms with Crippen molar-refractivity contribution in [3.05, 3.63) is 64.4 Å². The summed E-state index contributed by atoms with van der Waals surface area (Å²) in [7, 11) is 0. The van der Waals surface area contributed by atoms with Crippen molar-refractivity contribution in [1.82, 2.24) is 0 Å². The minimum atomic E-state index is -0.465. The zero-order valence-electron chi connectivity index (χ0n) is 10.4. The average molecular weight is 278 g/mol. The van der Waals surface area contributed by atoms with E-state index in [2.05, 4.69) is 5.32 Å². The van der Waals surface area contributed by atoms with Gasteiger partial charge in [0.2, 0.25) is 5.91 Å². The van der Waals surface area contributed by atoms with Gasteiger partial charge in [-0.1, -0.05) is 35.9 Å². The van der Waals surface area contributed by atoms with Gasteiger partial charge < -0.3 is 5.32 Å². The lowest BCUT2D eigenvalue weighted by Gasteiger charge is -2.08. The van der Waals surface area contributed by atoms with Crippen LogP contribution in [0.1, 0.15) is 11.1 Å². The van der Waals surface area contributed by atoms with Gasteiger partial charge >= 0.3 is 0 Å². The normalized spacial score (nSPS) is 10.3. The molecule has 2 nitrogen and oxygen atoms in total. The van der Waals surface area contributed by atoms with Crippen molar-refractivity contribution in [3.8, 4) is 0 Å². The van der Waals surface area contributed by atoms with E-state index in [9.17, 15) is 9.18 Å². The molecule has 2 aromatic carbocycles. The molecule has 0 aromatic heterocycles. The molecule has 0 saturated carbocycles. The third-order valence-electron chi connectivity index (χ3n) is 2.79. The number of carbonyl (C=O) groups excluding carboxylic acids is 1. The van der Waals surface area contributed by atoms with Gasteiger partial charge in [0.15, 0.2) is 0 Å². The number of hydrogen-bond donors (Lipinski definition) is 1. The molecule has 0 saturated heterocycles. The van der Waals surface area contributed by atoms with Gasteiger partial charge in [0.25, 0.3) is 0 Å². The van der Waals surface area contributed by atoms with Crippen LogP contribution in [0.2, 0.25) is 5.02 Å². The van der Waals surface area contributed by atoms with Gasteiger partial charge in [-0.15, -0.1) is 0 Å². The summed E-state index contributed by atoms with van der Waals surface area (Å²) in [5, 5.41) is 3.08. The van der Waals surface area contributed by atoms with Crippen molar-refractivity contribution >= 4 is 23.2 Å². The van der Waals surface area contributed by atoms with Crippen LogP contribution in [-0.2, 0) is 11.2 Å². The van der Waals surface area contributed by atoms with Gasteiger partial charge in [0, 0.05) is 10.7 Å². The second-order valence-electron chi connectivity index (χ2n) is 4.28. The van der Waals surface area contributed by atoms with Gasteiger partial charge in [-0.05, 0) is 36.2 Å². The summed E-state index contributed by atoms with van der Waals surface area (Å²) in [4.78, 5) is 11.9. The molecule has 1 amide bonds. The van der Waals surface area contributed by atoms with E-state index in [0.717, 1.165) is 11.3 Å². The first kappa shape index (κ1) is 13.6. The van der Waals surface area contributed by atoms with E-state index >= 15 is 0 Å². The molecule has 0 heterocycles. The Balaban J connectivity index is 2.08. The number of nitrogens with one attached hydrogen (secondary N) is 1. The molecule has 0 radical (unpaired) electrons. The topological polar surface area (TPSA) is 29.1 Å². The molecule has 0 unspecified atom stereocenters. The smallest absolute Gasteiger partial charge is 0.228 e. The van der Waals surface area contributed by atoms with Crippen LogP contribution in [0, 0.1) is 12.7 Å². The van der Waals surface area contributed by atoms with E-state index in [-0.39, 0.29) is 12.3 Å². The minimum absolute atomic E-state index is 0.0165. The Morgan fingerprint density at radius 2 is 2.00 bits per heavy atom. The molecule has 0 bridgehead atoms. The quantitative estimate of drug-likeness (QED) is 0.904. The van der Waals surface area contributed by atoms with Gasteiger partial charge in [-0.25, -0.2) is 4.39 Å². The van der Waals surface area contributed by atoms with E-state index < -0.39 is 5.82 Å². The summed E-state index contributed by atoms with van der Waals surface area (Å²) < 4.78 is 13.6. The number of para-hydroxylation sites is 1. The van der Waals surface area contributed by atoms with Crippen LogP contribution >= 0.6 is 11.6 Å². The van der Waals surface area contributed by atoms with Crippen molar-refractivity contribution in [2.45, 2.75) is 13.3 Å². The Labute approximate surface area is 116 Å². The molecule has 0 aliphatic carbocycles. The van der Waals surface area contributed by atoms with E-state index in [1.807, 2.05) is 31.2 Å². The number of carbonyl (C=O) groups is 1. The van der Waals surface area contributed by atoms with Crippen LogP contribution in [0.5, 0.6) is 0 Å². The van der Waals surface area contributed by atoms with Crippen molar-refractivity contribution in [2.24, 2.45) is 0 Å². The summed E-state index contributed by atoms with van der Waals surface area (Å²) in [6, 6.07) is 11.7. The Kier molecular flexibility index (Phi) is 4.17. The first-order valence-electron chi connectivity index (χ1n) is 5.85. The number of aryl methyl sites for hydroxylation is 1. The Bertz CT molecular complexity index is 613. The standard InChI is InChI=1S/C15H13ClFNO/c1-10-4-2-3-5-14(10)18-15(19)8-11-6-7-12(16)9-13(11)17/h2-7,9H,8H2,1H3,(H,18,19). The minimum Gasteiger partial charge on any atom is -0.326 e. The van der Waals surface area contributed by atoms with Gasteiger partial charge in [-0.3, -0.25) is 4.79 Å². The molecular formula is C15H13ClFNO. The number of benzene rings is 2. The zero-order chi connectivity index (χ0) is 13.8. The monoisotopic (exact) mass is 277 g/mol. The molecule has 2 rings (SSSR count). The number of rotatable bonds is 3. The molecular weight excluding hydrogens is 265 g/mol. The Hall–Kier alpha value is -1.87. The molecule has 4 heteroatoms. The number of halogens is 2. The lowest BCUT2D eigenvalue weighted by Crippen LogP contribution is -2.15. The fourth-order valence-electron chi connectivity index (χ4n) is 1.75. The first-order valence-corrected chi connectivity index (χ1v) is 6.23. The van der Waals surface area contributed by atoms with Gasteiger partial charge in [0.1, 0.15) is 5.82 Å². The van der Waals surface area contributed by atoms with Gasteiger partial charge in [0.05, 0.1) is 6.42 Å². The second kappa shape index (κ2) is 5.85. The summed E-state index contributed by atoms with van der Waals surface area (Å²) in [5.41, 5.74) is 2.03. The van der Waals surface area contributed by atoms with E-state index in [0.29, 0.717) is 10.6 Å². The zero-order valence-corrected chi connectivity index (χ0v) is 11.2. The summed E-state index contributed by atoms with van der Waals surface area (Å²) in [6.07, 6.45) is -0.0165. The molecule has 1 N–H and O–H groups in total. The Morgan fingerprint density at radius 1 is 1.26 bits per heavy atom. The van der Waals surface area contributed by atoms with E-state index in [1.165, 1.54) is 12.1 Å². The molecule has 0 spiro atoms. The highest BCUT2D eigenvalue weighted by Crippen LogP contribution is 2.17. The van der Waals surface area contributed by atoms with Crippen molar-refractivity contribution in [2.75, 3.05) is 5.32 Å². The molecule has 0 atom stereocenters. The SMILES string of the molecule is Cc1ccccc1NC(=O)Cc1ccc(Cl)cc1F. The number of amides is 1. The third kappa shape index (κ3) is 3.55. The third-order valence-corrected chi connectivity index (χ3v) is 3.02. The highest BCUT2D eigenvalue weighted by Gasteiger charge is 2.09. The van der Waals surface area contributed by atoms with Crippen molar-refractivity contribution in [1.29, 1.82) is 0 Å². The number of anilines is 1. The highest BCUT2D eigenvalue weighted by molar-refractivity contribution is 6.30. The summed E-state index contributed by atoms with van der Waals surface area (Å²) in [5.74, 6) is -0.719. The van der Waals surface area contributed by atoms with Crippen LogP contribution < -0.4 is 5.32 Å². The molecule has 0 aliphatic rings. The maximum absolute atomic E-state index is 13.6. The largest absolute Gasteiger partial charge is 0.326 e. The Morgan fingerprint density at radius 3 is 2.68 bits per heavy atom. The molecule has 98 valence electrons. The second-order valence-corrected chi connectivity index (χ2v) is 4.71. The lowest BCUT2D eigenvalue weighted by molar-refractivity contribution is -0.115. The van der Waals surface area contributed by atoms with Crippen LogP contribution in [0.4, 0.5) is 10.1 Å². The fourth-order valence-corrected chi connectivity index (χ4v) is 1.90. The van der Waals surface area contributed by atoms with Crippen LogP contribution in [0.15, 0.2) is 42.5 Å². The average Bonchev–Trinajstić information content (AvgIpc) is 2.36. The molecule has 19 heavy (non-hydrogen) atoms. The van der Waals surface area contributed by atoms with Gasteiger partial charge in [-0.2, -0.15) is 0 Å². The predicted molar refractivity (Wildman–Crippen MR) is 74.9 cm³/mol. The van der Waals surface area contributed by atoms with Crippen molar-refractivity contribution < 1.29 is 9.18 Å². The van der Waals surface area contributed by atoms with E-state index in [1.54, 1.807) is 6.07 Å². The molecule has 2 aromatic rings. The van der Waals surface area contributed by atoms with Crippen LogP contribution in [-0.4, -0.2) is 5.91 Å². The number of hydrogen-bond acceptors (Lipinski definition) is 1. The summed E-state index contributed by atoms with van der Waals surface area (Å²) >= 11 is 5.66. The highest BCUT2D eigenvalue weighted by atomic mass is 35.5.